The molecule has 214 valence electrons. The van der Waals surface area contributed by atoms with Crippen molar-refractivity contribution in [3.8, 4) is 5.75 Å². The van der Waals surface area contributed by atoms with Crippen LogP contribution in [0.2, 0.25) is 5.02 Å². The molecular weight excluding hydrogens is 553 g/mol. The van der Waals surface area contributed by atoms with E-state index in [1.54, 1.807) is 0 Å². The maximum Gasteiger partial charge on any atom is 0.418 e. The fraction of sp³-hybridized carbons (Fsp3) is 0.480. The third-order valence-corrected chi connectivity index (χ3v) is 7.95. The summed E-state index contributed by atoms with van der Waals surface area (Å²) in [5, 5.41) is 22.7. The van der Waals surface area contributed by atoms with Gasteiger partial charge in [0.2, 0.25) is 0 Å². The molecule has 1 aliphatic heterocycles. The maximum absolute atomic E-state index is 15.6. The molecule has 1 fully saturated rings. The van der Waals surface area contributed by atoms with Crippen molar-refractivity contribution >= 4 is 29.4 Å². The second kappa shape index (κ2) is 10.8. The monoisotopic (exact) mass is 579 g/mol. The van der Waals surface area contributed by atoms with Gasteiger partial charge in [0.25, 0.3) is 0 Å². The molecule has 2 aromatic rings. The first-order valence-corrected chi connectivity index (χ1v) is 12.1. The Kier molecular flexibility index (Phi) is 8.37. The largest absolute Gasteiger partial charge is 0.488 e. The summed E-state index contributed by atoms with van der Waals surface area (Å²) in [6, 6.07) is 0.790. The highest BCUT2D eigenvalue weighted by Crippen LogP contribution is 2.61. The molecule has 0 aliphatic carbocycles. The molecule has 5 N–H and O–H groups in total. The number of alkyl halides is 4. The van der Waals surface area contributed by atoms with Crippen molar-refractivity contribution in [1.82, 2.24) is 10.3 Å². The Balaban J connectivity index is 2.44. The highest BCUT2D eigenvalue weighted by Gasteiger charge is 2.69. The van der Waals surface area contributed by atoms with Gasteiger partial charge in [0.05, 0.1) is 33.5 Å². The molecule has 1 aromatic heterocycles. The number of carboxylic acids is 2. The van der Waals surface area contributed by atoms with Crippen molar-refractivity contribution in [2.24, 2.45) is 16.7 Å². The molecule has 8 nitrogen and oxygen atoms in total. The molecule has 2 heterocycles. The standard InChI is InChI=1S/C25H27ClF5N3O5/c1-11(2)24(22(37)38)16(10-39-14-5-4-8-33-20(14)32)34-15(9-27)23(3,21(35)36)19(24)17-13(28)7-6-12(26)18(17)25(29,30)31/h4-8,11,15-16,19,34H,9-10H2,1-3H3,(H2,32,33)(H,35,36)(H,37,38). The number of halogens is 6. The van der Waals surface area contributed by atoms with E-state index in [1.165, 1.54) is 32.2 Å². The first-order chi connectivity index (χ1) is 18.1. The third-order valence-electron chi connectivity index (χ3n) is 7.64. The third kappa shape index (κ3) is 4.86. The number of carboxylic acid groups (broad SMARTS) is 2. The summed E-state index contributed by atoms with van der Waals surface area (Å²) in [5.41, 5.74) is -2.33. The summed E-state index contributed by atoms with van der Waals surface area (Å²) in [5.74, 6) is -8.65. The van der Waals surface area contributed by atoms with Crippen LogP contribution in [0.4, 0.5) is 27.8 Å². The number of rotatable bonds is 8. The van der Waals surface area contributed by atoms with Gasteiger partial charge in [0.15, 0.2) is 11.6 Å². The molecule has 14 heteroatoms. The van der Waals surface area contributed by atoms with E-state index in [0.717, 1.165) is 6.92 Å². The number of benzene rings is 1. The molecule has 5 atom stereocenters. The summed E-state index contributed by atoms with van der Waals surface area (Å²) >= 11 is 5.88. The molecule has 0 saturated carbocycles. The van der Waals surface area contributed by atoms with Crippen LogP contribution in [-0.4, -0.2) is 52.5 Å². The van der Waals surface area contributed by atoms with E-state index < -0.39 is 88.1 Å². The maximum atomic E-state index is 15.6. The quantitative estimate of drug-likeness (QED) is 0.329. The summed E-state index contributed by atoms with van der Waals surface area (Å²) < 4.78 is 78.8. The van der Waals surface area contributed by atoms with E-state index >= 15 is 4.39 Å². The van der Waals surface area contributed by atoms with Gasteiger partial charge in [0, 0.05) is 17.7 Å². The first-order valence-electron chi connectivity index (χ1n) is 11.7. The van der Waals surface area contributed by atoms with Gasteiger partial charge in [-0.15, -0.1) is 0 Å². The zero-order chi connectivity index (χ0) is 29.5. The Labute approximate surface area is 225 Å². The number of pyridine rings is 1. The van der Waals surface area contributed by atoms with Crippen LogP contribution >= 0.6 is 11.6 Å². The van der Waals surface area contributed by atoms with E-state index in [9.17, 15) is 37.4 Å². The minimum absolute atomic E-state index is 0.00724. The molecule has 0 amide bonds. The first kappa shape index (κ1) is 30.4. The Bertz CT molecular complexity index is 1260. The van der Waals surface area contributed by atoms with E-state index in [4.69, 9.17) is 22.1 Å². The number of ether oxygens (including phenoxy) is 1. The van der Waals surface area contributed by atoms with Crippen LogP contribution in [0.15, 0.2) is 30.5 Å². The lowest BCUT2D eigenvalue weighted by atomic mass is 9.48. The van der Waals surface area contributed by atoms with Crippen molar-refractivity contribution in [3.63, 3.8) is 0 Å². The number of anilines is 1. The molecule has 0 radical (unpaired) electrons. The topological polar surface area (TPSA) is 135 Å². The predicted molar refractivity (Wildman–Crippen MR) is 131 cm³/mol. The average Bonchev–Trinajstić information content (AvgIpc) is 2.83. The molecule has 1 aliphatic rings. The number of nitrogens with zero attached hydrogens (tertiary/aromatic N) is 1. The summed E-state index contributed by atoms with van der Waals surface area (Å²) in [4.78, 5) is 29.8. The molecule has 39 heavy (non-hydrogen) atoms. The van der Waals surface area contributed by atoms with Gasteiger partial charge in [-0.05, 0) is 37.1 Å². The Morgan fingerprint density at radius 2 is 1.85 bits per heavy atom. The van der Waals surface area contributed by atoms with Crippen molar-refractivity contribution in [2.75, 3.05) is 19.0 Å². The molecule has 3 rings (SSSR count). The number of nitrogens with one attached hydrogen (secondary N) is 1. The lowest BCUT2D eigenvalue weighted by Gasteiger charge is -2.58. The number of hydrogen-bond acceptors (Lipinski definition) is 6. The van der Waals surface area contributed by atoms with Crippen LogP contribution in [0.25, 0.3) is 0 Å². The van der Waals surface area contributed by atoms with Gasteiger partial charge in [0.1, 0.15) is 19.1 Å². The average molecular weight is 580 g/mol. The fourth-order valence-corrected chi connectivity index (χ4v) is 6.02. The van der Waals surface area contributed by atoms with Gasteiger partial charge in [-0.1, -0.05) is 25.4 Å². The molecule has 1 aromatic carbocycles. The van der Waals surface area contributed by atoms with Crippen LogP contribution in [0, 0.1) is 22.6 Å². The number of carbonyl (C=O) groups is 2. The molecule has 5 unspecified atom stereocenters. The number of hydrogen-bond donors (Lipinski definition) is 4. The van der Waals surface area contributed by atoms with Crippen LogP contribution in [0.3, 0.4) is 0 Å². The van der Waals surface area contributed by atoms with Crippen LogP contribution in [-0.2, 0) is 15.8 Å². The normalized spacial score (nSPS) is 27.4. The van der Waals surface area contributed by atoms with Gasteiger partial charge in [-0.2, -0.15) is 13.2 Å². The minimum Gasteiger partial charge on any atom is -0.488 e. The Morgan fingerprint density at radius 3 is 2.33 bits per heavy atom. The molecule has 0 spiro atoms. The van der Waals surface area contributed by atoms with Crippen molar-refractivity contribution < 1.29 is 46.5 Å². The number of aromatic nitrogens is 1. The van der Waals surface area contributed by atoms with E-state index in [-0.39, 0.29) is 11.6 Å². The minimum atomic E-state index is -5.32. The molecular formula is C25H27ClF5N3O5. The van der Waals surface area contributed by atoms with Gasteiger partial charge < -0.3 is 26.0 Å². The van der Waals surface area contributed by atoms with Gasteiger partial charge >= 0.3 is 18.1 Å². The van der Waals surface area contributed by atoms with Crippen LogP contribution in [0.1, 0.15) is 37.8 Å². The number of nitrogen functional groups attached to an aromatic ring is 1. The van der Waals surface area contributed by atoms with E-state index in [1.807, 2.05) is 0 Å². The molecule has 0 bridgehead atoms. The Morgan fingerprint density at radius 1 is 1.21 bits per heavy atom. The van der Waals surface area contributed by atoms with Crippen LogP contribution < -0.4 is 15.8 Å². The van der Waals surface area contributed by atoms with E-state index in [0.29, 0.717) is 12.1 Å². The van der Waals surface area contributed by atoms with Crippen molar-refractivity contribution in [2.45, 2.75) is 44.9 Å². The van der Waals surface area contributed by atoms with Gasteiger partial charge in [-0.3, -0.25) is 9.59 Å². The zero-order valence-corrected chi connectivity index (χ0v) is 21.8. The molecule has 1 saturated heterocycles. The van der Waals surface area contributed by atoms with Crippen molar-refractivity contribution in [1.29, 1.82) is 0 Å². The van der Waals surface area contributed by atoms with Gasteiger partial charge in [-0.25, -0.2) is 13.8 Å². The second-order valence-corrected chi connectivity index (χ2v) is 10.3. The predicted octanol–water partition coefficient (Wildman–Crippen LogP) is 4.77. The number of nitrogens with two attached hydrogens (primary N) is 1. The lowest BCUT2D eigenvalue weighted by Crippen LogP contribution is -2.73. The SMILES string of the molecule is CC(C)C1(C(=O)O)C(COc2cccnc2N)NC(CF)C(C)(C(=O)O)C1c1c(F)ccc(Cl)c1C(F)(F)F. The summed E-state index contributed by atoms with van der Waals surface area (Å²) in [6.07, 6.45) is -3.97. The van der Waals surface area contributed by atoms with Crippen LogP contribution in [0.5, 0.6) is 5.75 Å². The summed E-state index contributed by atoms with van der Waals surface area (Å²) in [7, 11) is 0. The highest BCUT2D eigenvalue weighted by atomic mass is 35.5. The number of piperidine rings is 1. The number of aliphatic carboxylic acids is 2. The van der Waals surface area contributed by atoms with E-state index in [2.05, 4.69) is 10.3 Å². The second-order valence-electron chi connectivity index (χ2n) is 9.85. The smallest absolute Gasteiger partial charge is 0.418 e. The fourth-order valence-electron chi connectivity index (χ4n) is 5.75. The zero-order valence-electron chi connectivity index (χ0n) is 21.0. The van der Waals surface area contributed by atoms with Crippen molar-refractivity contribution in [3.05, 3.63) is 52.4 Å². The Hall–Kier alpha value is -3.19. The lowest BCUT2D eigenvalue weighted by molar-refractivity contribution is -0.180. The highest BCUT2D eigenvalue weighted by molar-refractivity contribution is 6.31. The summed E-state index contributed by atoms with van der Waals surface area (Å²) in [6.45, 7) is 1.51.